The van der Waals surface area contributed by atoms with Crippen LogP contribution in [0.4, 0.5) is 13.2 Å². The summed E-state index contributed by atoms with van der Waals surface area (Å²) in [6, 6.07) is 11.7. The molecule has 1 N–H and O–H groups in total. The molecule has 2 saturated carbocycles. The number of carbonyl (C=O) groups is 1. The minimum Gasteiger partial charge on any atom is -0.376 e. The third kappa shape index (κ3) is 4.04. The maximum atomic E-state index is 13.3. The fraction of sp³-hybridized carbons (Fsp3) is 0.500. The van der Waals surface area contributed by atoms with Gasteiger partial charge >= 0.3 is 6.18 Å². The van der Waals surface area contributed by atoms with E-state index in [4.69, 9.17) is 0 Å². The van der Waals surface area contributed by atoms with Crippen molar-refractivity contribution in [1.29, 1.82) is 5.26 Å². The van der Waals surface area contributed by atoms with Crippen LogP contribution in [0, 0.1) is 11.3 Å². The van der Waals surface area contributed by atoms with E-state index in [1.807, 2.05) is 22.4 Å². The molecule has 1 aromatic carbocycles. The molecule has 0 bridgehead atoms. The lowest BCUT2D eigenvalue weighted by molar-refractivity contribution is -0.258. The van der Waals surface area contributed by atoms with Gasteiger partial charge in [0.15, 0.2) is 5.60 Å². The van der Waals surface area contributed by atoms with E-state index < -0.39 is 17.2 Å². The molecule has 4 nitrogen and oxygen atoms in total. The average molecular weight is 463 g/mol. The summed E-state index contributed by atoms with van der Waals surface area (Å²) in [7, 11) is 0. The molecule has 0 aliphatic heterocycles. The molecule has 2 aliphatic carbocycles. The first kappa shape index (κ1) is 22.8. The normalized spacial score (nSPS) is 25.6. The number of thiophene rings is 1. The molecule has 1 aromatic heterocycles. The number of alkyl halides is 3. The summed E-state index contributed by atoms with van der Waals surface area (Å²) in [5.74, 6) is -0.198. The van der Waals surface area contributed by atoms with E-state index in [9.17, 15) is 28.3 Å². The molecule has 1 amide bonds. The molecule has 8 heteroatoms. The first-order valence-electron chi connectivity index (χ1n) is 10.8. The van der Waals surface area contributed by atoms with Crippen molar-refractivity contribution in [2.24, 2.45) is 0 Å². The Labute approximate surface area is 189 Å². The fourth-order valence-corrected chi connectivity index (χ4v) is 5.51. The molecule has 2 aliphatic rings. The number of rotatable bonds is 5. The summed E-state index contributed by atoms with van der Waals surface area (Å²) in [5.41, 5.74) is -3.47. The predicted molar refractivity (Wildman–Crippen MR) is 115 cm³/mol. The van der Waals surface area contributed by atoms with Gasteiger partial charge in [0.25, 0.3) is 5.91 Å². The standard InChI is InChI=1S/C24H25F3N2O2S/c1-22(31,24(25,26)27)17-6-4-16(5-7-17)21(30)29(18-8-9-18)19-10-12-23(15-28,13-11-19)20-3-2-14-32-20/h2-7,14,18-19,31H,8-13H2,1H3/t19-,22-,23-/m0/s1. The number of hydrogen-bond acceptors (Lipinski definition) is 4. The van der Waals surface area contributed by atoms with Crippen LogP contribution in [0.25, 0.3) is 0 Å². The van der Waals surface area contributed by atoms with E-state index >= 15 is 0 Å². The summed E-state index contributed by atoms with van der Waals surface area (Å²) < 4.78 is 39.3. The first-order valence-corrected chi connectivity index (χ1v) is 11.6. The lowest BCUT2D eigenvalue weighted by Gasteiger charge is -2.40. The molecule has 0 unspecified atom stereocenters. The van der Waals surface area contributed by atoms with E-state index in [0.717, 1.165) is 17.7 Å². The van der Waals surface area contributed by atoms with Gasteiger partial charge in [-0.05, 0) is 74.6 Å². The van der Waals surface area contributed by atoms with Crippen molar-refractivity contribution < 1.29 is 23.1 Å². The minimum atomic E-state index is -4.81. The SMILES string of the molecule is C[C@](O)(c1ccc(C(=O)N(C2CC2)[C@H]2CC[C@](C#N)(c3cccs3)CC2)cc1)C(F)(F)F. The van der Waals surface area contributed by atoms with Crippen molar-refractivity contribution in [2.45, 2.75) is 74.7 Å². The minimum absolute atomic E-state index is 0.00870. The van der Waals surface area contributed by atoms with Crippen LogP contribution in [-0.4, -0.2) is 34.2 Å². The van der Waals surface area contributed by atoms with Crippen LogP contribution in [-0.2, 0) is 11.0 Å². The van der Waals surface area contributed by atoms with Crippen molar-refractivity contribution in [3.63, 3.8) is 0 Å². The fourth-order valence-electron chi connectivity index (χ4n) is 4.57. The Morgan fingerprint density at radius 3 is 2.19 bits per heavy atom. The van der Waals surface area contributed by atoms with Crippen LogP contribution in [0.1, 0.15) is 66.2 Å². The van der Waals surface area contributed by atoms with Crippen LogP contribution in [0.2, 0.25) is 0 Å². The Morgan fingerprint density at radius 1 is 1.12 bits per heavy atom. The Balaban J connectivity index is 1.51. The zero-order valence-electron chi connectivity index (χ0n) is 17.7. The lowest BCUT2D eigenvalue weighted by Crippen LogP contribution is -2.46. The van der Waals surface area contributed by atoms with Gasteiger partial charge in [-0.2, -0.15) is 18.4 Å². The number of carbonyl (C=O) groups excluding carboxylic acids is 1. The second-order valence-corrected chi connectivity index (χ2v) is 9.94. The summed E-state index contributed by atoms with van der Waals surface area (Å²) in [6.07, 6.45) is -0.189. The van der Waals surface area contributed by atoms with Gasteiger partial charge in [-0.15, -0.1) is 11.3 Å². The topological polar surface area (TPSA) is 64.3 Å². The average Bonchev–Trinajstić information content (AvgIpc) is 3.44. The van der Waals surface area contributed by atoms with Crippen LogP contribution >= 0.6 is 11.3 Å². The molecule has 0 saturated heterocycles. The van der Waals surface area contributed by atoms with Gasteiger partial charge in [-0.3, -0.25) is 4.79 Å². The number of benzene rings is 1. The van der Waals surface area contributed by atoms with Gasteiger partial charge in [-0.1, -0.05) is 18.2 Å². The molecular formula is C24H25F3N2O2S. The third-order valence-electron chi connectivity index (χ3n) is 6.83. The van der Waals surface area contributed by atoms with E-state index in [1.165, 1.54) is 24.3 Å². The molecule has 2 fully saturated rings. The second-order valence-electron chi connectivity index (χ2n) is 8.99. The Kier molecular flexibility index (Phi) is 5.84. The van der Waals surface area contributed by atoms with Gasteiger partial charge in [0, 0.05) is 22.5 Å². The maximum absolute atomic E-state index is 13.3. The Morgan fingerprint density at radius 2 is 1.72 bits per heavy atom. The highest BCUT2D eigenvalue weighted by atomic mass is 32.1. The predicted octanol–water partition coefficient (Wildman–Crippen LogP) is 5.53. The largest absolute Gasteiger partial charge is 0.421 e. The van der Waals surface area contributed by atoms with Crippen molar-refractivity contribution in [2.75, 3.05) is 0 Å². The van der Waals surface area contributed by atoms with Gasteiger partial charge in [0.2, 0.25) is 0 Å². The van der Waals surface area contributed by atoms with Crippen LogP contribution < -0.4 is 0 Å². The lowest BCUT2D eigenvalue weighted by atomic mass is 9.72. The van der Waals surface area contributed by atoms with Gasteiger partial charge in [0.05, 0.1) is 11.5 Å². The monoisotopic (exact) mass is 462 g/mol. The highest BCUT2D eigenvalue weighted by Gasteiger charge is 2.51. The quantitative estimate of drug-likeness (QED) is 0.636. The summed E-state index contributed by atoms with van der Waals surface area (Å²) >= 11 is 1.59. The molecule has 0 radical (unpaired) electrons. The van der Waals surface area contributed by atoms with Crippen LogP contribution in [0.15, 0.2) is 41.8 Å². The Bertz CT molecular complexity index is 997. The van der Waals surface area contributed by atoms with Gasteiger partial charge in [0.1, 0.15) is 0 Å². The van der Waals surface area contributed by atoms with E-state index in [-0.39, 0.29) is 23.6 Å². The molecule has 4 rings (SSSR count). The summed E-state index contributed by atoms with van der Waals surface area (Å²) in [6.45, 7) is 0.706. The maximum Gasteiger partial charge on any atom is 0.421 e. The Hall–Kier alpha value is -2.37. The van der Waals surface area contributed by atoms with Crippen LogP contribution in [0.3, 0.4) is 0 Å². The van der Waals surface area contributed by atoms with E-state index in [0.29, 0.717) is 38.2 Å². The summed E-state index contributed by atoms with van der Waals surface area (Å²) in [5, 5.41) is 21.7. The summed E-state index contributed by atoms with van der Waals surface area (Å²) in [4.78, 5) is 16.3. The van der Waals surface area contributed by atoms with Gasteiger partial charge in [-0.25, -0.2) is 0 Å². The molecule has 32 heavy (non-hydrogen) atoms. The third-order valence-corrected chi connectivity index (χ3v) is 7.90. The number of hydrogen-bond donors (Lipinski definition) is 1. The number of halogens is 3. The highest BCUT2D eigenvalue weighted by molar-refractivity contribution is 7.10. The van der Waals surface area contributed by atoms with E-state index in [1.54, 1.807) is 11.3 Å². The van der Waals surface area contributed by atoms with E-state index in [2.05, 4.69) is 6.07 Å². The molecule has 2 aromatic rings. The number of amides is 1. The first-order chi connectivity index (χ1) is 15.1. The van der Waals surface area contributed by atoms with Gasteiger partial charge < -0.3 is 10.0 Å². The number of nitriles is 1. The molecule has 0 spiro atoms. The molecule has 1 heterocycles. The van der Waals surface area contributed by atoms with Crippen molar-refractivity contribution in [3.8, 4) is 6.07 Å². The highest BCUT2D eigenvalue weighted by Crippen LogP contribution is 2.44. The van der Waals surface area contributed by atoms with Crippen molar-refractivity contribution in [1.82, 2.24) is 4.90 Å². The zero-order valence-corrected chi connectivity index (χ0v) is 18.5. The van der Waals surface area contributed by atoms with Crippen molar-refractivity contribution >= 4 is 17.2 Å². The molecule has 170 valence electrons. The second kappa shape index (κ2) is 8.20. The number of aliphatic hydroxyl groups is 1. The van der Waals surface area contributed by atoms with Crippen LogP contribution in [0.5, 0.6) is 0 Å². The number of nitrogens with zero attached hydrogens (tertiary/aromatic N) is 2. The zero-order chi connectivity index (χ0) is 23.1. The molecule has 1 atom stereocenters. The van der Waals surface area contributed by atoms with Crippen molar-refractivity contribution in [3.05, 3.63) is 57.8 Å². The smallest absolute Gasteiger partial charge is 0.376 e. The molecular weight excluding hydrogens is 437 g/mol.